The fraction of sp³-hybridized carbons (Fsp3) is 0.450. The van der Waals surface area contributed by atoms with Crippen molar-refractivity contribution in [2.75, 3.05) is 31.6 Å². The van der Waals surface area contributed by atoms with E-state index >= 15 is 0 Å². The molecule has 2 heterocycles. The molecule has 1 aliphatic rings. The smallest absolute Gasteiger partial charge is 0.306 e. The van der Waals surface area contributed by atoms with Crippen LogP contribution in [0.3, 0.4) is 0 Å². The predicted molar refractivity (Wildman–Crippen MR) is 101 cm³/mol. The van der Waals surface area contributed by atoms with Gasteiger partial charge in [-0.05, 0) is 43.4 Å². The number of nitrogens with one attached hydrogen (secondary N) is 1. The first kappa shape index (κ1) is 18.2. The highest BCUT2D eigenvalue weighted by Gasteiger charge is 2.21. The van der Waals surface area contributed by atoms with Crippen LogP contribution in [0.5, 0.6) is 0 Å². The van der Waals surface area contributed by atoms with Gasteiger partial charge in [0.2, 0.25) is 0 Å². The van der Waals surface area contributed by atoms with Gasteiger partial charge in [-0.15, -0.1) is 0 Å². The Balaban J connectivity index is 1.45. The van der Waals surface area contributed by atoms with Crippen LogP contribution in [0.25, 0.3) is 10.9 Å². The van der Waals surface area contributed by atoms with Gasteiger partial charge in [-0.2, -0.15) is 0 Å². The summed E-state index contributed by atoms with van der Waals surface area (Å²) in [7, 11) is 1.52. The molecule has 0 saturated carbocycles. The van der Waals surface area contributed by atoms with E-state index in [2.05, 4.69) is 28.4 Å². The number of carbonyl (C=O) groups is 2. The van der Waals surface area contributed by atoms with Gasteiger partial charge in [0.15, 0.2) is 6.61 Å². The number of esters is 1. The summed E-state index contributed by atoms with van der Waals surface area (Å²) in [6, 6.07) is 12.3. The molecule has 1 amide bonds. The first-order valence-corrected chi connectivity index (χ1v) is 9.12. The topological polar surface area (TPSA) is 71.5 Å². The number of likely N-dealkylation sites (N-methyl/N-ethyl adjacent to an activating group) is 1. The maximum absolute atomic E-state index is 11.7. The normalized spacial score (nSPS) is 15.0. The zero-order valence-electron chi connectivity index (χ0n) is 15.1. The summed E-state index contributed by atoms with van der Waals surface area (Å²) < 4.78 is 4.95. The van der Waals surface area contributed by atoms with Crippen LogP contribution >= 0.6 is 0 Å². The van der Waals surface area contributed by atoms with Crippen LogP contribution in [0.15, 0.2) is 36.4 Å². The lowest BCUT2D eigenvalue weighted by atomic mass is 9.92. The van der Waals surface area contributed by atoms with Crippen LogP contribution in [-0.2, 0) is 14.3 Å². The lowest BCUT2D eigenvalue weighted by Gasteiger charge is -2.32. The maximum atomic E-state index is 11.7. The van der Waals surface area contributed by atoms with Crippen LogP contribution in [0.2, 0.25) is 0 Å². The van der Waals surface area contributed by atoms with Gasteiger partial charge in [0.05, 0.1) is 5.52 Å². The molecule has 1 aromatic heterocycles. The Kier molecular flexibility index (Phi) is 6.04. The van der Waals surface area contributed by atoms with E-state index in [9.17, 15) is 9.59 Å². The van der Waals surface area contributed by atoms with Crippen molar-refractivity contribution in [1.82, 2.24) is 10.3 Å². The number of piperidine rings is 1. The highest BCUT2D eigenvalue weighted by atomic mass is 16.5. The Morgan fingerprint density at radius 1 is 1.19 bits per heavy atom. The number of carbonyl (C=O) groups excluding carboxylic acids is 2. The molecular formula is C20H25N3O3. The summed E-state index contributed by atoms with van der Waals surface area (Å²) >= 11 is 0. The lowest BCUT2D eigenvalue weighted by Crippen LogP contribution is -2.34. The van der Waals surface area contributed by atoms with Crippen LogP contribution in [-0.4, -0.2) is 43.6 Å². The molecule has 3 rings (SSSR count). The number of hydrogen-bond donors (Lipinski definition) is 1. The average Bonchev–Trinajstić information content (AvgIpc) is 2.70. The SMILES string of the molecule is CNC(=O)COC(=O)CCC1CCN(c2ccc3ccccc3n2)CC1. The fourth-order valence-corrected chi connectivity index (χ4v) is 3.29. The third kappa shape index (κ3) is 4.71. The molecule has 0 unspecified atom stereocenters. The maximum Gasteiger partial charge on any atom is 0.306 e. The molecule has 0 atom stereocenters. The van der Waals surface area contributed by atoms with E-state index in [0.717, 1.165) is 49.1 Å². The highest BCUT2D eigenvalue weighted by molar-refractivity contribution is 5.80. The molecule has 0 aliphatic carbocycles. The van der Waals surface area contributed by atoms with Gasteiger partial charge in [-0.25, -0.2) is 4.98 Å². The first-order valence-electron chi connectivity index (χ1n) is 9.12. The van der Waals surface area contributed by atoms with E-state index in [-0.39, 0.29) is 18.5 Å². The fourth-order valence-electron chi connectivity index (χ4n) is 3.29. The number of benzene rings is 1. The van der Waals surface area contributed by atoms with Crippen molar-refractivity contribution >= 4 is 28.6 Å². The second-order valence-electron chi connectivity index (χ2n) is 6.67. The molecule has 1 aliphatic heterocycles. The standard InChI is InChI=1S/C20H25N3O3/c1-21-19(24)14-26-20(25)9-6-15-10-12-23(13-11-15)18-8-7-16-4-2-3-5-17(16)22-18/h2-5,7-8,15H,6,9-14H2,1H3,(H,21,24). The monoisotopic (exact) mass is 355 g/mol. The zero-order chi connectivity index (χ0) is 18.4. The number of fused-ring (bicyclic) bond motifs is 1. The summed E-state index contributed by atoms with van der Waals surface area (Å²) in [6.45, 7) is 1.70. The molecule has 1 aromatic carbocycles. The number of ether oxygens (including phenoxy) is 1. The zero-order valence-corrected chi connectivity index (χ0v) is 15.1. The number of para-hydroxylation sites is 1. The molecule has 2 aromatic rings. The number of pyridine rings is 1. The van der Waals surface area contributed by atoms with Crippen molar-refractivity contribution in [3.05, 3.63) is 36.4 Å². The van der Waals surface area contributed by atoms with Crippen molar-refractivity contribution in [3.63, 3.8) is 0 Å². The Labute approximate surface area is 153 Å². The molecule has 0 spiro atoms. The Morgan fingerprint density at radius 3 is 2.73 bits per heavy atom. The lowest BCUT2D eigenvalue weighted by molar-refractivity contribution is -0.148. The molecule has 138 valence electrons. The van der Waals surface area contributed by atoms with Crippen molar-refractivity contribution in [1.29, 1.82) is 0 Å². The van der Waals surface area contributed by atoms with Crippen LogP contribution < -0.4 is 10.2 Å². The summed E-state index contributed by atoms with van der Waals surface area (Å²) in [5, 5.41) is 3.58. The van der Waals surface area contributed by atoms with E-state index in [1.165, 1.54) is 7.05 Å². The Hall–Kier alpha value is -2.63. The van der Waals surface area contributed by atoms with Gasteiger partial charge in [-0.3, -0.25) is 9.59 Å². The van der Waals surface area contributed by atoms with Crippen LogP contribution in [0.4, 0.5) is 5.82 Å². The Bertz CT molecular complexity index is 770. The highest BCUT2D eigenvalue weighted by Crippen LogP contribution is 2.26. The summed E-state index contributed by atoms with van der Waals surface area (Å²) in [5.41, 5.74) is 1.02. The minimum absolute atomic E-state index is 0.193. The van der Waals surface area contributed by atoms with E-state index in [0.29, 0.717) is 12.3 Å². The minimum Gasteiger partial charge on any atom is -0.456 e. The van der Waals surface area contributed by atoms with Gasteiger partial charge in [0, 0.05) is 31.9 Å². The van der Waals surface area contributed by atoms with Crippen molar-refractivity contribution in [2.45, 2.75) is 25.7 Å². The molecule has 1 N–H and O–H groups in total. The number of anilines is 1. The van der Waals surface area contributed by atoms with Gasteiger partial charge < -0.3 is 15.0 Å². The van der Waals surface area contributed by atoms with Crippen molar-refractivity contribution < 1.29 is 14.3 Å². The third-order valence-electron chi connectivity index (χ3n) is 4.92. The second kappa shape index (κ2) is 8.65. The quantitative estimate of drug-likeness (QED) is 0.806. The molecule has 0 radical (unpaired) electrons. The summed E-state index contributed by atoms with van der Waals surface area (Å²) in [6.07, 6.45) is 3.26. The van der Waals surface area contributed by atoms with E-state index in [4.69, 9.17) is 9.72 Å². The number of hydrogen-bond acceptors (Lipinski definition) is 5. The van der Waals surface area contributed by atoms with Crippen LogP contribution in [0, 0.1) is 5.92 Å². The third-order valence-corrected chi connectivity index (χ3v) is 4.92. The molecule has 0 bridgehead atoms. The van der Waals surface area contributed by atoms with Crippen molar-refractivity contribution in [3.8, 4) is 0 Å². The van der Waals surface area contributed by atoms with Crippen molar-refractivity contribution in [2.24, 2.45) is 5.92 Å². The average molecular weight is 355 g/mol. The van der Waals surface area contributed by atoms with E-state index < -0.39 is 0 Å². The molecule has 1 saturated heterocycles. The number of nitrogens with zero attached hydrogens (tertiary/aromatic N) is 2. The number of rotatable bonds is 6. The van der Waals surface area contributed by atoms with Gasteiger partial charge in [0.1, 0.15) is 5.82 Å². The largest absolute Gasteiger partial charge is 0.456 e. The van der Waals surface area contributed by atoms with Gasteiger partial charge >= 0.3 is 5.97 Å². The van der Waals surface area contributed by atoms with Gasteiger partial charge in [0.25, 0.3) is 5.91 Å². The predicted octanol–water partition coefficient (Wildman–Crippen LogP) is 2.52. The molecule has 6 heteroatoms. The first-order chi connectivity index (χ1) is 12.7. The second-order valence-corrected chi connectivity index (χ2v) is 6.67. The molecular weight excluding hydrogens is 330 g/mol. The van der Waals surface area contributed by atoms with Gasteiger partial charge in [-0.1, -0.05) is 18.2 Å². The van der Waals surface area contributed by atoms with E-state index in [1.54, 1.807) is 0 Å². The Morgan fingerprint density at radius 2 is 1.96 bits per heavy atom. The molecule has 26 heavy (non-hydrogen) atoms. The molecule has 6 nitrogen and oxygen atoms in total. The van der Waals surface area contributed by atoms with Crippen LogP contribution in [0.1, 0.15) is 25.7 Å². The molecule has 1 fully saturated rings. The summed E-state index contributed by atoms with van der Waals surface area (Å²) in [4.78, 5) is 29.8. The number of aromatic nitrogens is 1. The summed E-state index contributed by atoms with van der Waals surface area (Å²) in [5.74, 6) is 0.952. The number of amides is 1. The van der Waals surface area contributed by atoms with E-state index in [1.807, 2.05) is 18.2 Å². The minimum atomic E-state index is -0.299.